The molecule has 1 unspecified atom stereocenters. The third kappa shape index (κ3) is 3.67. The summed E-state index contributed by atoms with van der Waals surface area (Å²) in [5.41, 5.74) is 1.06. The van der Waals surface area contributed by atoms with Crippen molar-refractivity contribution in [1.29, 1.82) is 0 Å². The average molecular weight is 446 g/mol. The number of anilines is 1. The molecule has 6 nitrogen and oxygen atoms in total. The molecule has 2 aromatic carbocycles. The van der Waals surface area contributed by atoms with Gasteiger partial charge in [-0.2, -0.15) is 0 Å². The number of hydrogen-bond acceptors (Lipinski definition) is 3. The number of nitrogens with one attached hydrogen (secondary N) is 1. The van der Waals surface area contributed by atoms with Crippen molar-refractivity contribution >= 4 is 28.4 Å². The minimum absolute atomic E-state index is 0.114. The van der Waals surface area contributed by atoms with Gasteiger partial charge in [0.05, 0.1) is 19.3 Å². The smallest absolute Gasteiger partial charge is 0.276 e. The number of rotatable bonds is 4. The largest absolute Gasteiger partial charge is 0.495 e. The summed E-state index contributed by atoms with van der Waals surface area (Å²) >= 11 is 0. The van der Waals surface area contributed by atoms with Gasteiger partial charge < -0.3 is 14.6 Å². The van der Waals surface area contributed by atoms with Crippen LogP contribution in [0.25, 0.3) is 10.9 Å². The molecule has 1 aliphatic heterocycles. The molecule has 5 rings (SSSR count). The van der Waals surface area contributed by atoms with Crippen LogP contribution in [0.1, 0.15) is 55.9 Å². The lowest BCUT2D eigenvalue weighted by Gasteiger charge is -2.44. The minimum Gasteiger partial charge on any atom is -0.495 e. The van der Waals surface area contributed by atoms with Crippen LogP contribution in [-0.4, -0.2) is 35.1 Å². The Labute approximate surface area is 194 Å². The summed E-state index contributed by atoms with van der Waals surface area (Å²) in [6.45, 7) is 2.25. The monoisotopic (exact) mass is 445 g/mol. The summed E-state index contributed by atoms with van der Waals surface area (Å²) in [5, 5.41) is 4.31. The number of methoxy groups -OCH3 is 1. The molecule has 6 heteroatoms. The molecule has 0 saturated heterocycles. The molecular weight excluding hydrogens is 414 g/mol. The molecule has 172 valence electrons. The summed E-state index contributed by atoms with van der Waals surface area (Å²) in [5.74, 6) is 0.265. The number of ether oxygens (including phenoxy) is 1. The molecule has 1 fully saturated rings. The van der Waals surface area contributed by atoms with Gasteiger partial charge in [-0.25, -0.2) is 0 Å². The van der Waals surface area contributed by atoms with Gasteiger partial charge in [-0.3, -0.25) is 14.5 Å². The van der Waals surface area contributed by atoms with Crippen LogP contribution in [0.3, 0.4) is 0 Å². The highest BCUT2D eigenvalue weighted by Crippen LogP contribution is 2.40. The Balaban J connectivity index is 1.62. The number of benzene rings is 2. The molecule has 0 radical (unpaired) electrons. The predicted octanol–water partition coefficient (Wildman–Crippen LogP) is 4.91. The molecule has 0 bridgehead atoms. The second-order valence-electron chi connectivity index (χ2n) is 9.42. The summed E-state index contributed by atoms with van der Waals surface area (Å²) in [7, 11) is 1.59. The average Bonchev–Trinajstić information content (AvgIpc) is 2.99. The van der Waals surface area contributed by atoms with Crippen LogP contribution < -0.4 is 15.0 Å². The zero-order valence-electron chi connectivity index (χ0n) is 19.3. The second-order valence-corrected chi connectivity index (χ2v) is 9.42. The summed E-state index contributed by atoms with van der Waals surface area (Å²) in [4.78, 5) is 29.6. The van der Waals surface area contributed by atoms with E-state index >= 15 is 0 Å². The highest BCUT2D eigenvalue weighted by Gasteiger charge is 2.49. The number of carbonyl (C=O) groups excluding carboxylic acids is 2. The molecule has 33 heavy (non-hydrogen) atoms. The first kappa shape index (κ1) is 21.6. The fraction of sp³-hybridized carbons (Fsp3) is 0.407. The molecule has 1 saturated carbocycles. The fourth-order valence-electron chi connectivity index (χ4n) is 5.40. The van der Waals surface area contributed by atoms with E-state index in [1.54, 1.807) is 12.0 Å². The Morgan fingerprint density at radius 3 is 2.48 bits per heavy atom. The van der Waals surface area contributed by atoms with Crippen molar-refractivity contribution in [2.24, 2.45) is 0 Å². The van der Waals surface area contributed by atoms with Gasteiger partial charge >= 0.3 is 0 Å². The Kier molecular flexibility index (Phi) is 5.60. The topological polar surface area (TPSA) is 63.6 Å². The van der Waals surface area contributed by atoms with E-state index in [-0.39, 0.29) is 17.9 Å². The Bertz CT molecular complexity index is 1190. The van der Waals surface area contributed by atoms with Crippen molar-refractivity contribution in [2.75, 3.05) is 12.0 Å². The van der Waals surface area contributed by atoms with E-state index in [2.05, 4.69) is 5.32 Å². The maximum absolute atomic E-state index is 14.0. The maximum atomic E-state index is 14.0. The van der Waals surface area contributed by atoms with Crippen molar-refractivity contribution in [3.8, 4) is 5.75 Å². The Hall–Kier alpha value is -3.28. The predicted molar refractivity (Wildman–Crippen MR) is 130 cm³/mol. The Morgan fingerprint density at radius 2 is 1.73 bits per heavy atom. The van der Waals surface area contributed by atoms with Gasteiger partial charge in [0.25, 0.3) is 5.91 Å². The fourth-order valence-corrected chi connectivity index (χ4v) is 5.40. The lowest BCUT2D eigenvalue weighted by Crippen LogP contribution is -2.65. The van der Waals surface area contributed by atoms with E-state index in [4.69, 9.17) is 4.74 Å². The van der Waals surface area contributed by atoms with Gasteiger partial charge in [0.15, 0.2) is 0 Å². The molecule has 1 aliphatic carbocycles. The third-order valence-electron chi connectivity index (χ3n) is 7.20. The van der Waals surface area contributed by atoms with E-state index in [1.165, 1.54) is 12.8 Å². The lowest BCUT2D eigenvalue weighted by atomic mass is 9.92. The van der Waals surface area contributed by atoms with E-state index in [1.807, 2.05) is 66.1 Å². The van der Waals surface area contributed by atoms with Gasteiger partial charge in [-0.05, 0) is 44.0 Å². The van der Waals surface area contributed by atoms with Crippen LogP contribution in [0.4, 0.5) is 5.69 Å². The second kappa shape index (κ2) is 8.58. The minimum atomic E-state index is -1.10. The molecule has 1 atom stereocenters. The van der Waals surface area contributed by atoms with E-state index < -0.39 is 5.54 Å². The van der Waals surface area contributed by atoms with Crippen molar-refractivity contribution in [2.45, 2.75) is 63.6 Å². The molecule has 2 aliphatic rings. The number of fused-ring (bicyclic) bond motifs is 3. The van der Waals surface area contributed by atoms with Crippen LogP contribution in [-0.2, 0) is 11.3 Å². The van der Waals surface area contributed by atoms with Gasteiger partial charge in [-0.15, -0.1) is 0 Å². The van der Waals surface area contributed by atoms with Crippen LogP contribution >= 0.6 is 0 Å². The summed E-state index contributed by atoms with van der Waals surface area (Å²) in [6, 6.07) is 17.4. The van der Waals surface area contributed by atoms with Crippen molar-refractivity contribution < 1.29 is 14.3 Å². The van der Waals surface area contributed by atoms with Gasteiger partial charge in [0, 0.05) is 16.9 Å². The van der Waals surface area contributed by atoms with Crippen molar-refractivity contribution in [3.05, 3.63) is 60.3 Å². The first-order valence-corrected chi connectivity index (χ1v) is 11.9. The number of carbonyl (C=O) groups is 2. The number of para-hydroxylation sites is 3. The quantitative estimate of drug-likeness (QED) is 0.581. The van der Waals surface area contributed by atoms with E-state index in [0.29, 0.717) is 23.7 Å². The standard InChI is InChI=1S/C27H31N3O3/c1-27(26(32)28-20-12-5-3-4-6-13-20)18-29-21-14-8-7-11-19(21)17-23(29)25(31)30(27)22-15-9-10-16-24(22)33-2/h7-11,14-17,20H,3-6,12-13,18H2,1-2H3,(H,28,32). The number of amides is 2. The third-order valence-corrected chi connectivity index (χ3v) is 7.20. The van der Waals surface area contributed by atoms with E-state index in [9.17, 15) is 9.59 Å². The summed E-state index contributed by atoms with van der Waals surface area (Å²) < 4.78 is 7.60. The molecule has 3 aromatic rings. The number of hydrogen-bond donors (Lipinski definition) is 1. The summed E-state index contributed by atoms with van der Waals surface area (Å²) in [6.07, 6.45) is 6.67. The van der Waals surface area contributed by atoms with E-state index in [0.717, 1.165) is 36.6 Å². The van der Waals surface area contributed by atoms with Gasteiger partial charge in [0.1, 0.15) is 17.0 Å². The molecular formula is C27H31N3O3. The van der Waals surface area contributed by atoms with Crippen LogP contribution in [0.5, 0.6) is 5.75 Å². The SMILES string of the molecule is COc1ccccc1N1C(=O)c2cc3ccccc3n2CC1(C)C(=O)NC1CCCCCC1. The molecule has 2 amide bonds. The molecule has 2 heterocycles. The highest BCUT2D eigenvalue weighted by atomic mass is 16.5. The Morgan fingerprint density at radius 1 is 1.03 bits per heavy atom. The number of nitrogens with zero attached hydrogens (tertiary/aromatic N) is 2. The van der Waals surface area contributed by atoms with Crippen LogP contribution in [0.2, 0.25) is 0 Å². The van der Waals surface area contributed by atoms with Crippen molar-refractivity contribution in [3.63, 3.8) is 0 Å². The molecule has 1 N–H and O–H groups in total. The molecule has 1 aromatic heterocycles. The maximum Gasteiger partial charge on any atom is 0.276 e. The van der Waals surface area contributed by atoms with Gasteiger partial charge in [-0.1, -0.05) is 56.0 Å². The highest BCUT2D eigenvalue weighted by molar-refractivity contribution is 6.14. The normalized spacial score (nSPS) is 21.5. The zero-order chi connectivity index (χ0) is 23.0. The van der Waals surface area contributed by atoms with Crippen LogP contribution in [0, 0.1) is 0 Å². The first-order chi connectivity index (χ1) is 16.0. The first-order valence-electron chi connectivity index (χ1n) is 11.9. The van der Waals surface area contributed by atoms with Crippen LogP contribution in [0.15, 0.2) is 54.6 Å². The molecule has 0 spiro atoms. The van der Waals surface area contributed by atoms with Crippen molar-refractivity contribution in [1.82, 2.24) is 9.88 Å². The number of aromatic nitrogens is 1. The zero-order valence-corrected chi connectivity index (χ0v) is 19.3. The van der Waals surface area contributed by atoms with Gasteiger partial charge in [0.2, 0.25) is 5.91 Å². The lowest BCUT2D eigenvalue weighted by molar-refractivity contribution is -0.127.